The van der Waals surface area contributed by atoms with Crippen LogP contribution in [0.1, 0.15) is 10.4 Å². The first-order chi connectivity index (χ1) is 14.3. The van der Waals surface area contributed by atoms with Gasteiger partial charge in [0.05, 0.1) is 0 Å². The van der Waals surface area contributed by atoms with Crippen LogP contribution in [0, 0.1) is 0 Å². The van der Waals surface area contributed by atoms with E-state index in [1.165, 1.54) is 18.2 Å². The molecule has 154 valence electrons. The van der Waals surface area contributed by atoms with Gasteiger partial charge in [0.2, 0.25) is 0 Å². The van der Waals surface area contributed by atoms with E-state index >= 15 is 0 Å². The molecule has 3 aromatic rings. The van der Waals surface area contributed by atoms with E-state index in [-0.39, 0.29) is 12.5 Å². The Morgan fingerprint density at radius 2 is 1.33 bits per heavy atom. The summed E-state index contributed by atoms with van der Waals surface area (Å²) in [5.74, 6) is -0.375. The molecule has 0 spiro atoms. The topological polar surface area (TPSA) is 67.4 Å². The molecule has 0 unspecified atom stereocenters. The van der Waals surface area contributed by atoms with Gasteiger partial charge in [-0.15, -0.1) is 0 Å². The van der Waals surface area contributed by atoms with Crippen molar-refractivity contribution in [2.45, 2.75) is 0 Å². The smallest absolute Gasteiger partial charge is 0.262 e. The summed E-state index contributed by atoms with van der Waals surface area (Å²) < 4.78 is 5.50. The summed E-state index contributed by atoms with van der Waals surface area (Å²) >= 11 is 23.7. The van der Waals surface area contributed by atoms with Gasteiger partial charge in [0.25, 0.3) is 11.8 Å². The van der Waals surface area contributed by atoms with Crippen LogP contribution in [0.2, 0.25) is 20.1 Å². The summed E-state index contributed by atoms with van der Waals surface area (Å²) in [5, 5.41) is 6.90. The van der Waals surface area contributed by atoms with E-state index in [4.69, 9.17) is 51.1 Å². The normalized spacial score (nSPS) is 10.4. The molecule has 30 heavy (non-hydrogen) atoms. The molecule has 0 saturated carbocycles. The molecule has 2 amide bonds. The molecule has 0 aromatic heterocycles. The Hall–Kier alpha value is -2.44. The second kappa shape index (κ2) is 10.0. The Bertz CT molecular complexity index is 1060. The van der Waals surface area contributed by atoms with Crippen LogP contribution in [0.25, 0.3) is 0 Å². The van der Waals surface area contributed by atoms with Crippen molar-refractivity contribution in [3.05, 3.63) is 86.3 Å². The highest BCUT2D eigenvalue weighted by Gasteiger charge is 2.10. The van der Waals surface area contributed by atoms with Crippen molar-refractivity contribution in [1.82, 2.24) is 0 Å². The van der Waals surface area contributed by atoms with E-state index in [0.29, 0.717) is 42.8 Å². The Labute approximate surface area is 192 Å². The number of carbonyl (C=O) groups is 2. The van der Waals surface area contributed by atoms with Crippen LogP contribution < -0.4 is 15.4 Å². The zero-order valence-electron chi connectivity index (χ0n) is 15.2. The van der Waals surface area contributed by atoms with E-state index in [0.717, 1.165) is 0 Å². The van der Waals surface area contributed by atoms with Crippen molar-refractivity contribution in [2.75, 3.05) is 17.2 Å². The highest BCUT2D eigenvalue weighted by Crippen LogP contribution is 2.23. The summed E-state index contributed by atoms with van der Waals surface area (Å²) in [5.41, 5.74) is 1.26. The van der Waals surface area contributed by atoms with Gasteiger partial charge in [-0.1, -0.05) is 52.5 Å². The average molecular weight is 484 g/mol. The second-order valence-electron chi connectivity index (χ2n) is 6.14. The number of carbonyl (C=O) groups excluding carboxylic acids is 2. The van der Waals surface area contributed by atoms with Gasteiger partial charge in [0.15, 0.2) is 6.61 Å². The van der Waals surface area contributed by atoms with Crippen molar-refractivity contribution in [1.29, 1.82) is 0 Å². The van der Waals surface area contributed by atoms with Crippen LogP contribution in [0.4, 0.5) is 11.4 Å². The fourth-order valence-electron chi connectivity index (χ4n) is 2.52. The summed E-state index contributed by atoms with van der Waals surface area (Å²) in [6, 6.07) is 15.9. The van der Waals surface area contributed by atoms with Gasteiger partial charge in [0, 0.05) is 43.1 Å². The molecule has 0 aliphatic rings. The minimum absolute atomic E-state index is 0.245. The minimum Gasteiger partial charge on any atom is -0.484 e. The lowest BCUT2D eigenvalue weighted by Crippen LogP contribution is -2.20. The molecule has 0 aliphatic heterocycles. The van der Waals surface area contributed by atoms with E-state index in [1.54, 1.807) is 42.5 Å². The third-order valence-electron chi connectivity index (χ3n) is 3.73. The molecule has 2 N–H and O–H groups in total. The standard InChI is InChI=1S/C21H14Cl4N2O3/c22-13-4-12(5-14(23)6-13)21(29)27-17-2-1-3-19(10-17)30-11-20(28)26-18-8-15(24)7-16(25)9-18/h1-10H,11H2,(H,26,28)(H,27,29). The number of ether oxygens (including phenoxy) is 1. The Balaban J connectivity index is 1.59. The monoisotopic (exact) mass is 482 g/mol. The highest BCUT2D eigenvalue weighted by molar-refractivity contribution is 6.35. The highest BCUT2D eigenvalue weighted by atomic mass is 35.5. The van der Waals surface area contributed by atoms with Gasteiger partial charge < -0.3 is 15.4 Å². The third-order valence-corrected chi connectivity index (χ3v) is 4.61. The summed E-state index contributed by atoms with van der Waals surface area (Å²) in [7, 11) is 0. The average Bonchev–Trinajstić information content (AvgIpc) is 2.65. The second-order valence-corrected chi connectivity index (χ2v) is 7.88. The number of nitrogens with one attached hydrogen (secondary N) is 2. The lowest BCUT2D eigenvalue weighted by atomic mass is 10.2. The van der Waals surface area contributed by atoms with E-state index in [9.17, 15) is 9.59 Å². The van der Waals surface area contributed by atoms with E-state index in [2.05, 4.69) is 10.6 Å². The SMILES string of the molecule is O=C(COc1cccc(NC(=O)c2cc(Cl)cc(Cl)c2)c1)Nc1cc(Cl)cc(Cl)c1. The first kappa shape index (κ1) is 22.2. The molecule has 0 saturated heterocycles. The molecule has 0 heterocycles. The Morgan fingerprint density at radius 3 is 1.97 bits per heavy atom. The van der Waals surface area contributed by atoms with Crippen LogP contribution in [-0.2, 0) is 4.79 Å². The molecule has 0 fully saturated rings. The van der Waals surface area contributed by atoms with Crippen LogP contribution in [0.15, 0.2) is 60.7 Å². The van der Waals surface area contributed by atoms with Crippen LogP contribution in [0.3, 0.4) is 0 Å². The summed E-state index contributed by atoms with van der Waals surface area (Å²) in [4.78, 5) is 24.5. The van der Waals surface area contributed by atoms with Gasteiger partial charge in [-0.2, -0.15) is 0 Å². The van der Waals surface area contributed by atoms with Crippen molar-refractivity contribution < 1.29 is 14.3 Å². The van der Waals surface area contributed by atoms with Gasteiger partial charge in [0.1, 0.15) is 5.75 Å². The molecular formula is C21H14Cl4N2O3. The van der Waals surface area contributed by atoms with Gasteiger partial charge in [-0.3, -0.25) is 9.59 Å². The van der Waals surface area contributed by atoms with Crippen molar-refractivity contribution in [3.8, 4) is 5.75 Å². The quantitative estimate of drug-likeness (QED) is 0.416. The van der Waals surface area contributed by atoms with Crippen molar-refractivity contribution in [2.24, 2.45) is 0 Å². The van der Waals surface area contributed by atoms with Crippen molar-refractivity contribution in [3.63, 3.8) is 0 Å². The maximum atomic E-state index is 12.4. The summed E-state index contributed by atoms with van der Waals surface area (Å²) in [6.45, 7) is -0.245. The predicted octanol–water partition coefficient (Wildman–Crippen LogP) is 6.57. The Morgan fingerprint density at radius 1 is 0.733 bits per heavy atom. The maximum Gasteiger partial charge on any atom is 0.262 e. The third kappa shape index (κ3) is 6.54. The van der Waals surface area contributed by atoms with E-state index < -0.39 is 5.91 Å². The van der Waals surface area contributed by atoms with E-state index in [1.807, 2.05) is 0 Å². The molecule has 0 atom stereocenters. The Kier molecular flexibility index (Phi) is 7.45. The predicted molar refractivity (Wildman–Crippen MR) is 121 cm³/mol. The number of benzene rings is 3. The lowest BCUT2D eigenvalue weighted by Gasteiger charge is -2.10. The number of anilines is 2. The van der Waals surface area contributed by atoms with Crippen molar-refractivity contribution >= 4 is 69.6 Å². The fourth-order valence-corrected chi connectivity index (χ4v) is 3.58. The molecule has 0 aliphatic carbocycles. The molecular weight excluding hydrogens is 470 g/mol. The number of halogens is 4. The number of rotatable bonds is 6. The molecule has 0 radical (unpaired) electrons. The molecule has 3 rings (SSSR count). The summed E-state index contributed by atoms with van der Waals surface area (Å²) in [6.07, 6.45) is 0. The zero-order chi connectivity index (χ0) is 21.7. The number of hydrogen-bond donors (Lipinski definition) is 2. The number of hydrogen-bond acceptors (Lipinski definition) is 3. The van der Waals surface area contributed by atoms with Crippen LogP contribution in [0.5, 0.6) is 5.75 Å². The number of amides is 2. The molecule has 5 nitrogen and oxygen atoms in total. The maximum absolute atomic E-state index is 12.4. The van der Waals surface area contributed by atoms with Gasteiger partial charge in [-0.25, -0.2) is 0 Å². The van der Waals surface area contributed by atoms with Crippen LogP contribution in [-0.4, -0.2) is 18.4 Å². The minimum atomic E-state index is -0.392. The lowest BCUT2D eigenvalue weighted by molar-refractivity contribution is -0.118. The zero-order valence-corrected chi connectivity index (χ0v) is 18.2. The van der Waals surface area contributed by atoms with Gasteiger partial charge >= 0.3 is 0 Å². The van der Waals surface area contributed by atoms with Gasteiger partial charge in [-0.05, 0) is 48.5 Å². The molecule has 9 heteroatoms. The first-order valence-electron chi connectivity index (χ1n) is 8.55. The molecule has 3 aromatic carbocycles. The largest absolute Gasteiger partial charge is 0.484 e. The fraction of sp³-hybridized carbons (Fsp3) is 0.0476. The molecule has 0 bridgehead atoms. The van der Waals surface area contributed by atoms with Crippen LogP contribution >= 0.6 is 46.4 Å². The first-order valence-corrected chi connectivity index (χ1v) is 10.1.